The van der Waals surface area contributed by atoms with Crippen molar-refractivity contribution >= 4 is 22.9 Å². The molecular weight excluding hydrogens is 342 g/mol. The summed E-state index contributed by atoms with van der Waals surface area (Å²) in [7, 11) is 0. The molecule has 0 radical (unpaired) electrons. The number of aryl methyl sites for hydroxylation is 1. The first kappa shape index (κ1) is 17.4. The quantitative estimate of drug-likeness (QED) is 0.719. The van der Waals surface area contributed by atoms with E-state index in [0.717, 1.165) is 34.9 Å². The summed E-state index contributed by atoms with van der Waals surface area (Å²) in [5.41, 5.74) is 5.48. The Balaban J connectivity index is 1.63. The highest BCUT2D eigenvalue weighted by Gasteiger charge is 2.25. The molecule has 26 heavy (non-hydrogen) atoms. The highest BCUT2D eigenvalue weighted by atomic mass is 35.5. The largest absolute Gasteiger partial charge is 0.454 e. The molecule has 0 unspecified atom stereocenters. The smallest absolute Gasteiger partial charge is 0.153 e. The zero-order valence-electron chi connectivity index (χ0n) is 15.3. The minimum absolute atomic E-state index is 0.615. The molecule has 1 N–H and O–H groups in total. The van der Waals surface area contributed by atoms with E-state index < -0.39 is 0 Å². The fraction of sp³-hybridized carbons (Fsp3) is 0.304. The number of benzene rings is 2. The number of nitrogens with one attached hydrogen (secondary N) is 1. The number of ether oxygens (including phenoxy) is 1. The van der Waals surface area contributed by atoms with Crippen molar-refractivity contribution in [1.82, 2.24) is 5.32 Å². The van der Waals surface area contributed by atoms with Gasteiger partial charge in [-0.15, -0.1) is 0 Å². The van der Waals surface area contributed by atoms with Crippen molar-refractivity contribution in [3.05, 3.63) is 76.3 Å². The Morgan fingerprint density at radius 2 is 2.00 bits per heavy atom. The Morgan fingerprint density at radius 1 is 1.19 bits per heavy atom. The second-order valence-electron chi connectivity index (χ2n) is 7.57. The van der Waals surface area contributed by atoms with E-state index in [-0.39, 0.29) is 0 Å². The van der Waals surface area contributed by atoms with E-state index in [1.54, 1.807) is 0 Å². The first-order chi connectivity index (χ1) is 12.5. The molecule has 3 heteroatoms. The maximum Gasteiger partial charge on any atom is 0.153 e. The molecule has 2 aliphatic rings. The number of para-hydroxylation sites is 1. The van der Waals surface area contributed by atoms with Gasteiger partial charge < -0.3 is 10.1 Å². The van der Waals surface area contributed by atoms with Gasteiger partial charge in [0.25, 0.3) is 0 Å². The fourth-order valence-corrected chi connectivity index (χ4v) is 4.02. The van der Waals surface area contributed by atoms with Crippen LogP contribution in [0, 0.1) is 12.8 Å². The number of allylic oxidation sites excluding steroid dienone is 2. The molecule has 2 aromatic rings. The molecule has 134 valence electrons. The van der Waals surface area contributed by atoms with Gasteiger partial charge >= 0.3 is 0 Å². The molecule has 1 aliphatic carbocycles. The van der Waals surface area contributed by atoms with Crippen LogP contribution >= 0.6 is 11.6 Å². The first-order valence-corrected chi connectivity index (χ1v) is 9.59. The normalized spacial score (nSPS) is 21.5. The molecule has 4 rings (SSSR count). The third kappa shape index (κ3) is 3.32. The summed E-state index contributed by atoms with van der Waals surface area (Å²) >= 11 is 6.36. The molecular formula is C23H24ClNO. The number of halogens is 1. The molecule has 0 bridgehead atoms. The van der Waals surface area contributed by atoms with E-state index in [1.165, 1.54) is 24.0 Å². The molecule has 0 spiro atoms. The van der Waals surface area contributed by atoms with Crippen molar-refractivity contribution in [1.29, 1.82) is 0 Å². The van der Waals surface area contributed by atoms with Crippen molar-refractivity contribution in [2.24, 2.45) is 5.92 Å². The van der Waals surface area contributed by atoms with E-state index in [0.29, 0.717) is 16.8 Å². The average Bonchev–Trinajstić information content (AvgIpc) is 2.58. The van der Waals surface area contributed by atoms with Crippen LogP contribution in [0.15, 0.2) is 49.1 Å². The molecule has 0 atom stereocenters. The molecule has 2 aromatic carbocycles. The Hall–Kier alpha value is -2.03. The molecule has 0 saturated heterocycles. The fourth-order valence-electron chi connectivity index (χ4n) is 3.81. The molecule has 0 aromatic heterocycles. The SMILES string of the molecule is C=C1C=C(c2ccc(C)cc2CNC2CC(C)C2)Oc2c(Cl)cccc21. The monoisotopic (exact) mass is 365 g/mol. The lowest BCUT2D eigenvalue weighted by atomic mass is 9.82. The summed E-state index contributed by atoms with van der Waals surface area (Å²) in [6.07, 6.45) is 4.54. The zero-order chi connectivity index (χ0) is 18.3. The van der Waals surface area contributed by atoms with Gasteiger partial charge in [0, 0.05) is 23.7 Å². The summed E-state index contributed by atoms with van der Waals surface area (Å²) in [6.45, 7) is 9.47. The molecule has 1 heterocycles. The van der Waals surface area contributed by atoms with Gasteiger partial charge in [-0.25, -0.2) is 0 Å². The zero-order valence-corrected chi connectivity index (χ0v) is 16.1. The number of hydrogen-bond acceptors (Lipinski definition) is 2. The lowest BCUT2D eigenvalue weighted by Gasteiger charge is -2.33. The van der Waals surface area contributed by atoms with Gasteiger partial charge in [0.05, 0.1) is 5.02 Å². The summed E-state index contributed by atoms with van der Waals surface area (Å²) in [6, 6.07) is 12.9. The number of rotatable bonds is 4. The first-order valence-electron chi connectivity index (χ1n) is 9.22. The Bertz CT molecular complexity index is 893. The van der Waals surface area contributed by atoms with Crippen LogP contribution in [0.5, 0.6) is 5.75 Å². The summed E-state index contributed by atoms with van der Waals surface area (Å²) < 4.78 is 6.20. The average molecular weight is 366 g/mol. The lowest BCUT2D eigenvalue weighted by molar-refractivity contribution is 0.240. The minimum atomic E-state index is 0.615. The number of fused-ring (bicyclic) bond motifs is 1. The van der Waals surface area contributed by atoms with Crippen LogP contribution in [-0.2, 0) is 6.54 Å². The van der Waals surface area contributed by atoms with Gasteiger partial charge in [-0.1, -0.05) is 61.0 Å². The topological polar surface area (TPSA) is 21.3 Å². The summed E-state index contributed by atoms with van der Waals surface area (Å²) in [5.74, 6) is 2.36. The molecule has 1 aliphatic heterocycles. The van der Waals surface area contributed by atoms with Crippen LogP contribution in [0.4, 0.5) is 0 Å². The Morgan fingerprint density at radius 3 is 2.77 bits per heavy atom. The molecule has 0 amide bonds. The Kier molecular flexibility index (Phi) is 4.64. The standard InChI is InChI=1S/C23H24ClNO/c1-14-7-8-20(17(9-14)13-25-18-10-15(2)11-18)22-12-16(3)19-5-4-6-21(24)23(19)26-22/h4-9,12,15,18,25H,3,10-11,13H2,1-2H3. The van der Waals surface area contributed by atoms with E-state index in [1.807, 2.05) is 24.3 Å². The highest BCUT2D eigenvalue weighted by Crippen LogP contribution is 2.41. The Labute approximate surface area is 160 Å². The van der Waals surface area contributed by atoms with Gasteiger partial charge in [-0.3, -0.25) is 0 Å². The third-order valence-electron chi connectivity index (χ3n) is 5.31. The molecule has 1 fully saturated rings. The summed E-state index contributed by atoms with van der Waals surface area (Å²) in [4.78, 5) is 0. The maximum absolute atomic E-state index is 6.36. The van der Waals surface area contributed by atoms with Gasteiger partial charge in [0.2, 0.25) is 0 Å². The predicted octanol–water partition coefficient (Wildman–Crippen LogP) is 5.98. The van der Waals surface area contributed by atoms with Gasteiger partial charge in [0.15, 0.2) is 5.75 Å². The third-order valence-corrected chi connectivity index (χ3v) is 5.61. The predicted molar refractivity (Wildman–Crippen MR) is 109 cm³/mol. The second-order valence-corrected chi connectivity index (χ2v) is 7.97. The molecule has 2 nitrogen and oxygen atoms in total. The highest BCUT2D eigenvalue weighted by molar-refractivity contribution is 6.32. The second kappa shape index (κ2) is 6.94. The van der Waals surface area contributed by atoms with E-state index in [9.17, 15) is 0 Å². The van der Waals surface area contributed by atoms with Crippen molar-refractivity contribution in [3.8, 4) is 5.75 Å². The van der Waals surface area contributed by atoms with E-state index in [4.69, 9.17) is 16.3 Å². The van der Waals surface area contributed by atoms with Crippen molar-refractivity contribution in [2.45, 2.75) is 39.3 Å². The van der Waals surface area contributed by atoms with Gasteiger partial charge in [-0.05, 0) is 49.0 Å². The van der Waals surface area contributed by atoms with Gasteiger partial charge in [0.1, 0.15) is 5.76 Å². The van der Waals surface area contributed by atoms with E-state index >= 15 is 0 Å². The summed E-state index contributed by atoms with van der Waals surface area (Å²) in [5, 5.41) is 4.30. The molecule has 1 saturated carbocycles. The van der Waals surface area contributed by atoms with Crippen LogP contribution in [0.3, 0.4) is 0 Å². The van der Waals surface area contributed by atoms with E-state index in [2.05, 4.69) is 43.9 Å². The van der Waals surface area contributed by atoms with Crippen molar-refractivity contribution in [2.75, 3.05) is 0 Å². The van der Waals surface area contributed by atoms with Crippen LogP contribution in [0.2, 0.25) is 5.02 Å². The maximum atomic E-state index is 6.36. The van der Waals surface area contributed by atoms with Crippen molar-refractivity contribution < 1.29 is 4.74 Å². The minimum Gasteiger partial charge on any atom is -0.454 e. The van der Waals surface area contributed by atoms with Crippen LogP contribution in [0.1, 0.15) is 42.0 Å². The number of hydrogen-bond donors (Lipinski definition) is 1. The van der Waals surface area contributed by atoms with Crippen LogP contribution in [-0.4, -0.2) is 6.04 Å². The van der Waals surface area contributed by atoms with Crippen LogP contribution < -0.4 is 10.1 Å². The van der Waals surface area contributed by atoms with Gasteiger partial charge in [-0.2, -0.15) is 0 Å². The van der Waals surface area contributed by atoms with Crippen LogP contribution in [0.25, 0.3) is 11.3 Å². The lowest BCUT2D eigenvalue weighted by Crippen LogP contribution is -2.39. The van der Waals surface area contributed by atoms with Crippen molar-refractivity contribution in [3.63, 3.8) is 0 Å².